The third-order valence-corrected chi connectivity index (χ3v) is 3.30. The lowest BCUT2D eigenvalue weighted by Gasteiger charge is -2.18. The number of aryl methyl sites for hydroxylation is 1. The second kappa shape index (κ2) is 5.97. The van der Waals surface area contributed by atoms with Crippen molar-refractivity contribution in [3.05, 3.63) is 23.3 Å². The first-order valence-corrected chi connectivity index (χ1v) is 6.43. The van der Waals surface area contributed by atoms with E-state index < -0.39 is 0 Å². The first kappa shape index (κ1) is 13.1. The predicted octanol–water partition coefficient (Wildman–Crippen LogP) is 4.20. The highest BCUT2D eigenvalue weighted by atomic mass is 14.9. The van der Waals surface area contributed by atoms with Crippen LogP contribution in [-0.2, 0) is 0 Å². The van der Waals surface area contributed by atoms with Gasteiger partial charge >= 0.3 is 0 Å². The van der Waals surface area contributed by atoms with Gasteiger partial charge in [0.15, 0.2) is 0 Å². The maximum Gasteiger partial charge on any atom is 0.125 e. The van der Waals surface area contributed by atoms with Crippen molar-refractivity contribution in [3.8, 4) is 0 Å². The fraction of sp³-hybridized carbons (Fsp3) is 0.714. The van der Waals surface area contributed by atoms with Gasteiger partial charge in [0.2, 0.25) is 0 Å². The molecular formula is C14H24N2. The molecule has 0 aromatic carbocycles. The molecule has 2 atom stereocenters. The van der Waals surface area contributed by atoms with Gasteiger partial charge < -0.3 is 0 Å². The lowest BCUT2D eigenvalue weighted by molar-refractivity contribution is 0.613. The van der Waals surface area contributed by atoms with Crippen LogP contribution in [0.5, 0.6) is 0 Å². The van der Waals surface area contributed by atoms with Crippen LogP contribution in [0.1, 0.15) is 75.9 Å². The van der Waals surface area contributed by atoms with E-state index in [1.807, 2.05) is 13.1 Å². The first-order chi connectivity index (χ1) is 7.60. The summed E-state index contributed by atoms with van der Waals surface area (Å²) in [5.41, 5.74) is 2.61. The van der Waals surface area contributed by atoms with Gasteiger partial charge in [-0.2, -0.15) is 0 Å². The Kier molecular flexibility index (Phi) is 4.91. The van der Waals surface area contributed by atoms with Gasteiger partial charge in [-0.05, 0) is 37.2 Å². The number of aromatic nitrogens is 2. The van der Waals surface area contributed by atoms with Crippen molar-refractivity contribution in [2.45, 2.75) is 65.7 Å². The van der Waals surface area contributed by atoms with Crippen LogP contribution in [0, 0.1) is 6.92 Å². The van der Waals surface area contributed by atoms with Gasteiger partial charge in [0.25, 0.3) is 0 Å². The fourth-order valence-electron chi connectivity index (χ4n) is 2.06. The maximum absolute atomic E-state index is 4.65. The van der Waals surface area contributed by atoms with Crippen LogP contribution in [0.2, 0.25) is 0 Å². The molecule has 0 aliphatic carbocycles. The summed E-state index contributed by atoms with van der Waals surface area (Å²) in [4.78, 5) is 8.99. The zero-order chi connectivity index (χ0) is 12.1. The highest BCUT2D eigenvalue weighted by Crippen LogP contribution is 2.28. The van der Waals surface area contributed by atoms with Crippen LogP contribution in [-0.4, -0.2) is 9.97 Å². The zero-order valence-electron chi connectivity index (χ0n) is 11.2. The number of rotatable bonds is 5. The molecule has 0 saturated carbocycles. The van der Waals surface area contributed by atoms with Crippen molar-refractivity contribution < 1.29 is 0 Å². The minimum atomic E-state index is 0.552. The van der Waals surface area contributed by atoms with E-state index in [9.17, 15) is 0 Å². The highest BCUT2D eigenvalue weighted by molar-refractivity contribution is 5.24. The van der Waals surface area contributed by atoms with Crippen molar-refractivity contribution in [2.24, 2.45) is 0 Å². The van der Waals surface area contributed by atoms with E-state index in [1.54, 1.807) is 0 Å². The summed E-state index contributed by atoms with van der Waals surface area (Å²) in [7, 11) is 0. The second-order valence-corrected chi connectivity index (χ2v) is 4.76. The molecule has 0 saturated heterocycles. The lowest BCUT2D eigenvalue weighted by Crippen LogP contribution is -2.08. The third kappa shape index (κ3) is 3.03. The summed E-state index contributed by atoms with van der Waals surface area (Å²) in [6, 6.07) is 0. The first-order valence-electron chi connectivity index (χ1n) is 6.43. The van der Waals surface area contributed by atoms with Gasteiger partial charge in [0.05, 0.1) is 5.69 Å². The molecular weight excluding hydrogens is 196 g/mol. The molecule has 0 aliphatic heterocycles. The monoisotopic (exact) mass is 220 g/mol. The molecule has 0 N–H and O–H groups in total. The van der Waals surface area contributed by atoms with Crippen molar-refractivity contribution in [1.29, 1.82) is 0 Å². The molecule has 0 radical (unpaired) electrons. The number of nitrogens with zero attached hydrogens (tertiary/aromatic N) is 2. The Balaban J connectivity index is 3.07. The molecule has 2 unspecified atom stereocenters. The Bertz CT molecular complexity index is 334. The molecule has 0 aliphatic rings. The quantitative estimate of drug-likeness (QED) is 0.743. The van der Waals surface area contributed by atoms with Crippen molar-refractivity contribution in [3.63, 3.8) is 0 Å². The Morgan fingerprint density at radius 3 is 2.44 bits per heavy atom. The molecule has 1 rings (SSSR count). The minimum absolute atomic E-state index is 0.552. The largest absolute Gasteiger partial charge is 0.241 e. The molecule has 0 spiro atoms. The summed E-state index contributed by atoms with van der Waals surface area (Å²) in [5.74, 6) is 2.01. The molecule has 0 amide bonds. The number of hydrogen-bond donors (Lipinski definition) is 0. The lowest BCUT2D eigenvalue weighted by atomic mass is 9.91. The van der Waals surface area contributed by atoms with Gasteiger partial charge in [0, 0.05) is 6.20 Å². The Morgan fingerprint density at radius 1 is 1.19 bits per heavy atom. The van der Waals surface area contributed by atoms with Crippen LogP contribution in [0.25, 0.3) is 0 Å². The van der Waals surface area contributed by atoms with Crippen molar-refractivity contribution in [2.75, 3.05) is 0 Å². The fourth-order valence-corrected chi connectivity index (χ4v) is 2.06. The molecule has 1 aromatic rings. The molecule has 2 heteroatoms. The average molecular weight is 220 g/mol. The third-order valence-electron chi connectivity index (χ3n) is 3.30. The topological polar surface area (TPSA) is 25.8 Å². The van der Waals surface area contributed by atoms with E-state index >= 15 is 0 Å². The van der Waals surface area contributed by atoms with Crippen LogP contribution in [0.3, 0.4) is 0 Å². The maximum atomic E-state index is 4.65. The summed E-state index contributed by atoms with van der Waals surface area (Å²) in [6.07, 6.45) is 5.60. The Morgan fingerprint density at radius 2 is 1.88 bits per heavy atom. The van der Waals surface area contributed by atoms with Gasteiger partial charge in [-0.3, -0.25) is 0 Å². The summed E-state index contributed by atoms with van der Waals surface area (Å²) in [5, 5.41) is 0. The Labute approximate surface area is 99.5 Å². The zero-order valence-corrected chi connectivity index (χ0v) is 11.2. The van der Waals surface area contributed by atoms with Gasteiger partial charge in [-0.25, -0.2) is 9.97 Å². The van der Waals surface area contributed by atoms with Gasteiger partial charge in [-0.15, -0.1) is 0 Å². The molecule has 1 heterocycles. The van der Waals surface area contributed by atoms with E-state index in [1.165, 1.54) is 24.1 Å². The van der Waals surface area contributed by atoms with Crippen molar-refractivity contribution in [1.82, 2.24) is 9.97 Å². The molecule has 2 nitrogen and oxygen atoms in total. The van der Waals surface area contributed by atoms with Crippen LogP contribution >= 0.6 is 0 Å². The Hall–Kier alpha value is -0.920. The van der Waals surface area contributed by atoms with E-state index in [2.05, 4.69) is 37.7 Å². The van der Waals surface area contributed by atoms with E-state index in [0.717, 1.165) is 12.2 Å². The summed E-state index contributed by atoms with van der Waals surface area (Å²) >= 11 is 0. The van der Waals surface area contributed by atoms with E-state index in [4.69, 9.17) is 0 Å². The molecule has 1 aromatic heterocycles. The summed E-state index contributed by atoms with van der Waals surface area (Å²) < 4.78 is 0. The normalized spacial score (nSPS) is 14.8. The molecule has 0 fully saturated rings. The summed E-state index contributed by atoms with van der Waals surface area (Å²) in [6.45, 7) is 11.0. The van der Waals surface area contributed by atoms with Crippen molar-refractivity contribution >= 4 is 0 Å². The van der Waals surface area contributed by atoms with Crippen LogP contribution in [0.4, 0.5) is 0 Å². The SMILES string of the molecule is CCCC(C)c1nc(C)ncc1C(C)CC. The standard InChI is InChI=1S/C14H24N2/c1-6-8-11(4)14-13(10(3)7-2)9-15-12(5)16-14/h9-11H,6-8H2,1-5H3. The molecule has 16 heavy (non-hydrogen) atoms. The van der Waals surface area contributed by atoms with Gasteiger partial charge in [-0.1, -0.05) is 34.1 Å². The molecule has 90 valence electrons. The van der Waals surface area contributed by atoms with E-state index in [0.29, 0.717) is 11.8 Å². The smallest absolute Gasteiger partial charge is 0.125 e. The van der Waals surface area contributed by atoms with Crippen LogP contribution in [0.15, 0.2) is 6.20 Å². The minimum Gasteiger partial charge on any atom is -0.241 e. The van der Waals surface area contributed by atoms with Gasteiger partial charge in [0.1, 0.15) is 5.82 Å². The molecule has 0 bridgehead atoms. The average Bonchev–Trinajstić information content (AvgIpc) is 2.28. The van der Waals surface area contributed by atoms with Crippen LogP contribution < -0.4 is 0 Å². The van der Waals surface area contributed by atoms with E-state index in [-0.39, 0.29) is 0 Å². The second-order valence-electron chi connectivity index (χ2n) is 4.76. The predicted molar refractivity (Wildman–Crippen MR) is 68.8 cm³/mol. The highest BCUT2D eigenvalue weighted by Gasteiger charge is 2.16. The number of hydrogen-bond acceptors (Lipinski definition) is 2.